The average molecular weight is 444 g/mol. The Hall–Kier alpha value is -1.84. The van der Waals surface area contributed by atoms with Gasteiger partial charge in [0.05, 0.1) is 25.9 Å². The van der Waals surface area contributed by atoms with E-state index in [4.69, 9.17) is 10.5 Å². The van der Waals surface area contributed by atoms with Gasteiger partial charge in [-0.05, 0) is 54.9 Å². The van der Waals surface area contributed by atoms with Gasteiger partial charge in [-0.15, -0.1) is 0 Å². The van der Waals surface area contributed by atoms with Crippen molar-refractivity contribution < 1.29 is 9.32 Å². The van der Waals surface area contributed by atoms with Crippen LogP contribution in [0.3, 0.4) is 0 Å². The van der Waals surface area contributed by atoms with Crippen molar-refractivity contribution in [2.45, 2.75) is 37.3 Å². The molecule has 0 aromatic heterocycles. The SMILES string of the molecule is C=C/C(Br)=C(\N=C(/N)Nc1cccc(S(C)(=N)=O)c1)N[C@H](C)C(C)(C)O. The molecular formula is C17H26BrN5O2S. The van der Waals surface area contributed by atoms with Crippen LogP contribution in [0.4, 0.5) is 5.69 Å². The van der Waals surface area contributed by atoms with Gasteiger partial charge in [0.2, 0.25) is 0 Å². The molecule has 7 nitrogen and oxygen atoms in total. The first-order chi connectivity index (χ1) is 11.8. The van der Waals surface area contributed by atoms with Crippen molar-refractivity contribution >= 4 is 37.3 Å². The van der Waals surface area contributed by atoms with Crippen molar-refractivity contribution in [2.24, 2.45) is 10.7 Å². The number of allylic oxidation sites excluding steroid dienone is 2. The van der Waals surface area contributed by atoms with Crippen LogP contribution in [0.2, 0.25) is 0 Å². The van der Waals surface area contributed by atoms with Crippen molar-refractivity contribution in [3.63, 3.8) is 0 Å². The minimum Gasteiger partial charge on any atom is -0.388 e. The zero-order valence-electron chi connectivity index (χ0n) is 15.3. The van der Waals surface area contributed by atoms with Gasteiger partial charge in [0.15, 0.2) is 5.96 Å². The fraction of sp³-hybridized carbons (Fsp3) is 0.353. The Morgan fingerprint density at radius 2 is 2.15 bits per heavy atom. The van der Waals surface area contributed by atoms with Gasteiger partial charge < -0.3 is 21.5 Å². The molecule has 0 saturated carbocycles. The van der Waals surface area contributed by atoms with E-state index in [2.05, 4.69) is 38.1 Å². The normalized spacial score (nSPS) is 16.9. The molecule has 1 rings (SSSR count). The fourth-order valence-corrected chi connectivity index (χ4v) is 2.64. The maximum Gasteiger partial charge on any atom is 0.199 e. The minimum atomic E-state index is -2.82. The smallest absolute Gasteiger partial charge is 0.199 e. The largest absolute Gasteiger partial charge is 0.388 e. The topological polar surface area (TPSA) is 124 Å². The zero-order chi connectivity index (χ0) is 20.1. The van der Waals surface area contributed by atoms with Gasteiger partial charge in [0.1, 0.15) is 5.82 Å². The van der Waals surface area contributed by atoms with Crippen molar-refractivity contribution in [3.8, 4) is 0 Å². The first-order valence-corrected chi connectivity index (χ1v) is 10.6. The molecule has 0 bridgehead atoms. The summed E-state index contributed by atoms with van der Waals surface area (Å²) in [6.45, 7) is 8.88. The van der Waals surface area contributed by atoms with Crippen molar-refractivity contribution in [3.05, 3.63) is 47.2 Å². The number of anilines is 1. The van der Waals surface area contributed by atoms with E-state index in [9.17, 15) is 9.32 Å². The summed E-state index contributed by atoms with van der Waals surface area (Å²) in [5.74, 6) is 0.481. The lowest BCUT2D eigenvalue weighted by atomic mass is 10.0. The number of nitrogens with zero attached hydrogens (tertiary/aromatic N) is 1. The second-order valence-corrected chi connectivity index (χ2v) is 9.43. The molecule has 1 aromatic carbocycles. The Morgan fingerprint density at radius 1 is 1.54 bits per heavy atom. The molecule has 0 aliphatic rings. The first-order valence-electron chi connectivity index (χ1n) is 7.80. The number of hydrogen-bond acceptors (Lipinski definition) is 5. The summed E-state index contributed by atoms with van der Waals surface area (Å²) >= 11 is 3.35. The predicted octanol–water partition coefficient (Wildman–Crippen LogP) is 2.95. The van der Waals surface area contributed by atoms with Crippen LogP contribution in [0.5, 0.6) is 0 Å². The zero-order valence-corrected chi connectivity index (χ0v) is 17.7. The Labute approximate surface area is 163 Å². The van der Waals surface area contributed by atoms with Crippen LogP contribution in [0, 0.1) is 4.78 Å². The van der Waals surface area contributed by atoms with Gasteiger partial charge in [-0.1, -0.05) is 18.7 Å². The van der Waals surface area contributed by atoms with Gasteiger partial charge in [0.25, 0.3) is 0 Å². The summed E-state index contributed by atoms with van der Waals surface area (Å²) in [4.78, 5) is 4.69. The van der Waals surface area contributed by atoms with Gasteiger partial charge in [-0.3, -0.25) is 0 Å². The van der Waals surface area contributed by atoms with Gasteiger partial charge >= 0.3 is 0 Å². The monoisotopic (exact) mass is 443 g/mol. The lowest BCUT2D eigenvalue weighted by Gasteiger charge is -2.28. The molecular weight excluding hydrogens is 418 g/mol. The Balaban J connectivity index is 3.10. The molecule has 6 N–H and O–H groups in total. The molecule has 2 atom stereocenters. The van der Waals surface area contributed by atoms with Crippen LogP contribution >= 0.6 is 15.9 Å². The van der Waals surface area contributed by atoms with Crippen LogP contribution < -0.4 is 16.4 Å². The van der Waals surface area contributed by atoms with E-state index in [1.807, 2.05) is 6.92 Å². The molecule has 26 heavy (non-hydrogen) atoms. The summed E-state index contributed by atoms with van der Waals surface area (Å²) in [6.07, 6.45) is 2.91. The molecule has 144 valence electrons. The Morgan fingerprint density at radius 3 is 2.65 bits per heavy atom. The molecule has 0 saturated heterocycles. The van der Waals surface area contributed by atoms with Crippen molar-refractivity contribution in [1.82, 2.24) is 5.32 Å². The number of nitrogens with two attached hydrogens (primary N) is 1. The number of halogens is 1. The highest BCUT2D eigenvalue weighted by atomic mass is 79.9. The molecule has 0 heterocycles. The Bertz CT molecular complexity index is 826. The maximum atomic E-state index is 11.9. The van der Waals surface area contributed by atoms with Crippen molar-refractivity contribution in [2.75, 3.05) is 11.6 Å². The number of aliphatic hydroxyl groups is 1. The molecule has 9 heteroatoms. The molecule has 0 fully saturated rings. The van der Waals surface area contributed by atoms with E-state index in [0.29, 0.717) is 20.9 Å². The van der Waals surface area contributed by atoms with Gasteiger partial charge in [0, 0.05) is 16.8 Å². The number of guanidine groups is 1. The minimum absolute atomic E-state index is 0.0824. The average Bonchev–Trinajstić information content (AvgIpc) is 2.51. The van der Waals surface area contributed by atoms with E-state index < -0.39 is 15.3 Å². The Kier molecular flexibility index (Phi) is 7.43. The predicted molar refractivity (Wildman–Crippen MR) is 112 cm³/mol. The van der Waals surface area contributed by atoms with E-state index in [0.717, 1.165) is 0 Å². The lowest BCUT2D eigenvalue weighted by molar-refractivity contribution is 0.0478. The third-order valence-corrected chi connectivity index (χ3v) is 5.46. The second kappa shape index (κ2) is 8.70. The summed E-state index contributed by atoms with van der Waals surface area (Å²) in [5.41, 5.74) is 5.57. The van der Waals surface area contributed by atoms with Crippen LogP contribution in [0.15, 0.2) is 57.1 Å². The fourth-order valence-electron chi connectivity index (χ4n) is 1.75. The molecule has 0 aliphatic carbocycles. The standard InChI is InChI=1S/C17H26BrN5O2S/c1-6-14(18)15(21-11(2)17(3,4)24)23-16(19)22-12-8-7-9-13(10-12)26(5,20)25/h6-11,20-21,24H,1H2,2-5H3,(H3,19,22,23)/b15-14+/t11-,26?/m1/s1. The number of nitrogens with one attached hydrogen (secondary N) is 3. The van der Waals surface area contributed by atoms with E-state index >= 15 is 0 Å². The number of rotatable bonds is 7. The van der Waals surface area contributed by atoms with Crippen LogP contribution in [-0.2, 0) is 9.73 Å². The second-order valence-electron chi connectivity index (χ2n) is 6.41. The third kappa shape index (κ3) is 6.81. The molecule has 1 unspecified atom stereocenters. The van der Waals surface area contributed by atoms with Crippen LogP contribution in [0.25, 0.3) is 0 Å². The molecule has 0 amide bonds. The number of benzene rings is 1. The number of aliphatic imine (C=N–C) groups is 1. The van der Waals surface area contributed by atoms with Gasteiger partial charge in [-0.2, -0.15) is 4.99 Å². The summed E-state index contributed by atoms with van der Waals surface area (Å²) in [7, 11) is -2.82. The van der Waals surface area contributed by atoms with E-state index in [1.54, 1.807) is 44.2 Å². The quantitative estimate of drug-likeness (QED) is 0.251. The highest BCUT2D eigenvalue weighted by molar-refractivity contribution is 9.11. The molecule has 1 aromatic rings. The highest BCUT2D eigenvalue weighted by Crippen LogP contribution is 2.18. The number of hydrogen-bond donors (Lipinski definition) is 5. The summed E-state index contributed by atoms with van der Waals surface area (Å²) < 4.78 is 20.1. The molecule has 0 radical (unpaired) electrons. The molecule has 0 aliphatic heterocycles. The van der Waals surface area contributed by atoms with Crippen molar-refractivity contribution in [1.29, 1.82) is 4.78 Å². The third-order valence-electron chi connectivity index (χ3n) is 3.61. The lowest BCUT2D eigenvalue weighted by Crippen LogP contribution is -2.44. The van der Waals surface area contributed by atoms with E-state index in [-0.39, 0.29) is 12.0 Å². The summed E-state index contributed by atoms with van der Waals surface area (Å²) in [5, 5.41) is 16.1. The van der Waals surface area contributed by atoms with E-state index in [1.165, 1.54) is 6.26 Å². The maximum absolute atomic E-state index is 11.9. The van der Waals surface area contributed by atoms with Gasteiger partial charge in [-0.25, -0.2) is 8.99 Å². The highest BCUT2D eigenvalue weighted by Gasteiger charge is 2.23. The first kappa shape index (κ1) is 22.2. The summed E-state index contributed by atoms with van der Waals surface area (Å²) in [6, 6.07) is 6.33. The van der Waals surface area contributed by atoms with Crippen LogP contribution in [-0.4, -0.2) is 33.2 Å². The van der Waals surface area contributed by atoms with Crippen LogP contribution in [0.1, 0.15) is 20.8 Å². The molecule has 0 spiro atoms.